The maximum atomic E-state index is 5.60. The molecule has 0 unspecified atom stereocenters. The van der Waals surface area contributed by atoms with Crippen LogP contribution in [-0.2, 0) is 19.6 Å². The van der Waals surface area contributed by atoms with E-state index in [1.165, 1.54) is 11.1 Å². The number of furan rings is 1. The number of benzene rings is 1. The van der Waals surface area contributed by atoms with Crippen LogP contribution in [0.2, 0.25) is 0 Å². The molecule has 0 aliphatic carbocycles. The van der Waals surface area contributed by atoms with Crippen molar-refractivity contribution in [3.8, 4) is 5.75 Å². The van der Waals surface area contributed by atoms with E-state index in [2.05, 4.69) is 18.0 Å². The Morgan fingerprint density at radius 3 is 2.55 bits per heavy atom. The van der Waals surface area contributed by atoms with Crippen LogP contribution >= 0.6 is 0 Å². The average molecular weight is 274 g/mol. The molecule has 4 nitrogen and oxygen atoms in total. The Bertz CT molecular complexity index is 563. The fourth-order valence-electron chi connectivity index (χ4n) is 2.32. The van der Waals surface area contributed by atoms with E-state index in [1.54, 1.807) is 7.11 Å². The molecule has 2 rings (SSSR count). The van der Waals surface area contributed by atoms with Gasteiger partial charge in [-0.2, -0.15) is 0 Å². The summed E-state index contributed by atoms with van der Waals surface area (Å²) in [5.41, 5.74) is 7.96. The number of rotatable bonds is 6. The molecule has 0 spiro atoms. The van der Waals surface area contributed by atoms with E-state index in [0.717, 1.165) is 30.4 Å². The number of nitrogens with two attached hydrogens (primary N) is 1. The molecule has 0 aliphatic heterocycles. The summed E-state index contributed by atoms with van der Waals surface area (Å²) in [6.45, 7) is 4.07. The Balaban J connectivity index is 2.04. The number of ether oxygens (including phenoxy) is 1. The SMILES string of the molecule is COc1ccccc1CN(C)Cc1cc(CN)oc1C. The zero-order valence-corrected chi connectivity index (χ0v) is 12.3. The first-order valence-corrected chi connectivity index (χ1v) is 6.72. The van der Waals surface area contributed by atoms with E-state index in [4.69, 9.17) is 14.9 Å². The number of methoxy groups -OCH3 is 1. The van der Waals surface area contributed by atoms with E-state index in [-0.39, 0.29) is 0 Å². The van der Waals surface area contributed by atoms with Gasteiger partial charge in [0.2, 0.25) is 0 Å². The average Bonchev–Trinajstić information content (AvgIpc) is 2.80. The highest BCUT2D eigenvalue weighted by molar-refractivity contribution is 5.33. The highest BCUT2D eigenvalue weighted by Crippen LogP contribution is 2.21. The van der Waals surface area contributed by atoms with Crippen molar-refractivity contribution in [3.05, 3.63) is 53.0 Å². The van der Waals surface area contributed by atoms with Gasteiger partial charge in [0.05, 0.1) is 13.7 Å². The van der Waals surface area contributed by atoms with E-state index in [1.807, 2.05) is 31.2 Å². The first-order valence-electron chi connectivity index (χ1n) is 6.72. The topological polar surface area (TPSA) is 51.6 Å². The summed E-state index contributed by atoms with van der Waals surface area (Å²) >= 11 is 0. The van der Waals surface area contributed by atoms with Gasteiger partial charge in [-0.25, -0.2) is 0 Å². The largest absolute Gasteiger partial charge is 0.496 e. The van der Waals surface area contributed by atoms with Crippen molar-refractivity contribution >= 4 is 0 Å². The summed E-state index contributed by atoms with van der Waals surface area (Å²) in [5.74, 6) is 2.70. The monoisotopic (exact) mass is 274 g/mol. The van der Waals surface area contributed by atoms with Crippen LogP contribution in [0.5, 0.6) is 5.75 Å². The number of aryl methyl sites for hydroxylation is 1. The molecule has 0 saturated carbocycles. The second-order valence-corrected chi connectivity index (χ2v) is 4.98. The van der Waals surface area contributed by atoms with Crippen molar-refractivity contribution in [2.45, 2.75) is 26.6 Å². The fourth-order valence-corrected chi connectivity index (χ4v) is 2.32. The standard InChI is InChI=1S/C16H22N2O2/c1-12-14(8-15(9-17)20-12)11-18(2)10-13-6-4-5-7-16(13)19-3/h4-8H,9-11,17H2,1-3H3. The Morgan fingerprint density at radius 2 is 1.90 bits per heavy atom. The van der Waals surface area contributed by atoms with E-state index >= 15 is 0 Å². The Morgan fingerprint density at radius 1 is 1.20 bits per heavy atom. The molecule has 1 aromatic heterocycles. The van der Waals surface area contributed by atoms with E-state index < -0.39 is 0 Å². The number of para-hydroxylation sites is 1. The van der Waals surface area contributed by atoms with Crippen LogP contribution in [0.3, 0.4) is 0 Å². The molecule has 4 heteroatoms. The minimum atomic E-state index is 0.442. The quantitative estimate of drug-likeness (QED) is 0.880. The van der Waals surface area contributed by atoms with E-state index in [9.17, 15) is 0 Å². The lowest BCUT2D eigenvalue weighted by Crippen LogP contribution is -2.17. The summed E-state index contributed by atoms with van der Waals surface area (Å²) < 4.78 is 11.0. The Hall–Kier alpha value is -1.78. The second kappa shape index (κ2) is 6.59. The van der Waals surface area contributed by atoms with Gasteiger partial charge in [-0.3, -0.25) is 4.90 Å². The molecule has 2 aromatic rings. The van der Waals surface area contributed by atoms with Crippen molar-refractivity contribution in [1.82, 2.24) is 4.90 Å². The predicted octanol–water partition coefficient (Wildman–Crippen LogP) is 2.69. The summed E-state index contributed by atoms with van der Waals surface area (Å²) in [6.07, 6.45) is 0. The van der Waals surface area contributed by atoms with Crippen LogP contribution in [0, 0.1) is 6.92 Å². The molecular formula is C16H22N2O2. The number of nitrogens with zero attached hydrogens (tertiary/aromatic N) is 1. The van der Waals surface area contributed by atoms with Crippen molar-refractivity contribution in [3.63, 3.8) is 0 Å². The normalized spacial score (nSPS) is 11.1. The molecule has 1 aromatic carbocycles. The third kappa shape index (κ3) is 3.40. The highest BCUT2D eigenvalue weighted by atomic mass is 16.5. The van der Waals surface area contributed by atoms with Gasteiger partial charge in [0.1, 0.15) is 17.3 Å². The van der Waals surface area contributed by atoms with Crippen molar-refractivity contribution < 1.29 is 9.15 Å². The van der Waals surface area contributed by atoms with Crippen LogP contribution in [0.15, 0.2) is 34.7 Å². The lowest BCUT2D eigenvalue weighted by Gasteiger charge is -2.18. The third-order valence-electron chi connectivity index (χ3n) is 3.35. The molecule has 0 atom stereocenters. The first kappa shape index (κ1) is 14.6. The summed E-state index contributed by atoms with van der Waals surface area (Å²) in [4.78, 5) is 2.23. The maximum absolute atomic E-state index is 5.60. The smallest absolute Gasteiger partial charge is 0.123 e. The van der Waals surface area contributed by atoms with Crippen LogP contribution in [0.25, 0.3) is 0 Å². The van der Waals surface area contributed by atoms with Gasteiger partial charge in [-0.15, -0.1) is 0 Å². The molecule has 1 heterocycles. The van der Waals surface area contributed by atoms with Crippen LogP contribution in [-0.4, -0.2) is 19.1 Å². The zero-order chi connectivity index (χ0) is 14.5. The molecule has 0 amide bonds. The maximum Gasteiger partial charge on any atom is 0.123 e. The zero-order valence-electron chi connectivity index (χ0n) is 12.3. The lowest BCUT2D eigenvalue weighted by atomic mass is 10.1. The van der Waals surface area contributed by atoms with Gasteiger partial charge in [0.25, 0.3) is 0 Å². The molecule has 2 N–H and O–H groups in total. The highest BCUT2D eigenvalue weighted by Gasteiger charge is 2.11. The van der Waals surface area contributed by atoms with Gasteiger partial charge in [0.15, 0.2) is 0 Å². The molecule has 0 fully saturated rings. The van der Waals surface area contributed by atoms with Gasteiger partial charge in [0, 0.05) is 24.2 Å². The molecule has 0 saturated heterocycles. The fraction of sp³-hybridized carbons (Fsp3) is 0.375. The Kier molecular flexibility index (Phi) is 4.82. The summed E-state index contributed by atoms with van der Waals surface area (Å²) in [6, 6.07) is 10.1. The summed E-state index contributed by atoms with van der Waals surface area (Å²) in [7, 11) is 3.79. The minimum Gasteiger partial charge on any atom is -0.496 e. The molecule has 108 valence electrons. The van der Waals surface area contributed by atoms with Crippen molar-refractivity contribution in [2.24, 2.45) is 5.73 Å². The second-order valence-electron chi connectivity index (χ2n) is 4.98. The Labute approximate surface area is 120 Å². The van der Waals surface area contributed by atoms with Crippen molar-refractivity contribution in [1.29, 1.82) is 0 Å². The lowest BCUT2D eigenvalue weighted by molar-refractivity contribution is 0.307. The van der Waals surface area contributed by atoms with Gasteiger partial charge >= 0.3 is 0 Å². The van der Waals surface area contributed by atoms with Crippen LogP contribution in [0.4, 0.5) is 0 Å². The molecule has 0 bridgehead atoms. The van der Waals surface area contributed by atoms with Crippen LogP contribution < -0.4 is 10.5 Å². The number of hydrogen-bond donors (Lipinski definition) is 1. The molecular weight excluding hydrogens is 252 g/mol. The summed E-state index contributed by atoms with van der Waals surface area (Å²) in [5, 5.41) is 0. The van der Waals surface area contributed by atoms with Gasteiger partial charge in [-0.05, 0) is 26.1 Å². The third-order valence-corrected chi connectivity index (χ3v) is 3.35. The van der Waals surface area contributed by atoms with Gasteiger partial charge in [-0.1, -0.05) is 18.2 Å². The molecule has 0 aliphatic rings. The van der Waals surface area contributed by atoms with Crippen molar-refractivity contribution in [2.75, 3.05) is 14.2 Å². The predicted molar refractivity (Wildman–Crippen MR) is 79.5 cm³/mol. The minimum absolute atomic E-state index is 0.442. The van der Waals surface area contributed by atoms with E-state index in [0.29, 0.717) is 6.54 Å². The molecule has 20 heavy (non-hydrogen) atoms. The van der Waals surface area contributed by atoms with Crippen LogP contribution in [0.1, 0.15) is 22.6 Å². The number of hydrogen-bond acceptors (Lipinski definition) is 4. The molecule has 0 radical (unpaired) electrons. The first-order chi connectivity index (χ1) is 9.63. The van der Waals surface area contributed by atoms with Gasteiger partial charge < -0.3 is 14.9 Å².